The van der Waals surface area contributed by atoms with Gasteiger partial charge >= 0.3 is 5.97 Å². The molecule has 0 aliphatic carbocycles. The summed E-state index contributed by atoms with van der Waals surface area (Å²) in [6.45, 7) is 6.49. The van der Waals surface area contributed by atoms with Crippen molar-refractivity contribution in [3.05, 3.63) is 11.6 Å². The maximum Gasteiger partial charge on any atom is 0.306 e. The number of unbranched alkanes of at least 4 members (excludes halogenated alkanes) is 1. The molecule has 0 bridgehead atoms. The van der Waals surface area contributed by atoms with Crippen LogP contribution in [0.1, 0.15) is 69.7 Å². The number of thiophene rings is 1. The third kappa shape index (κ3) is 8.79. The topological polar surface area (TPSA) is 98.5 Å². The van der Waals surface area contributed by atoms with Crippen LogP contribution >= 0.6 is 23.1 Å². The highest BCUT2D eigenvalue weighted by molar-refractivity contribution is 8.01. The molecule has 0 aliphatic rings. The Balaban J connectivity index is 2.46. The number of amides is 2. The predicted molar refractivity (Wildman–Crippen MR) is 111 cm³/mol. The molecule has 0 fully saturated rings. The van der Waals surface area contributed by atoms with Gasteiger partial charge in [-0.15, -0.1) is 23.1 Å². The van der Waals surface area contributed by atoms with Crippen molar-refractivity contribution in [3.63, 3.8) is 0 Å². The molecule has 0 radical (unpaired) electrons. The lowest BCUT2D eigenvalue weighted by Crippen LogP contribution is -2.15. The summed E-state index contributed by atoms with van der Waals surface area (Å²) in [6.07, 6.45) is 5.03. The molecule has 6 nitrogen and oxygen atoms in total. The number of thioether (sulfide) groups is 1. The van der Waals surface area contributed by atoms with Crippen molar-refractivity contribution >= 4 is 45.9 Å². The van der Waals surface area contributed by atoms with E-state index in [0.717, 1.165) is 29.9 Å². The number of carbonyl (C=O) groups excluding carboxylic acids is 3. The van der Waals surface area contributed by atoms with Crippen LogP contribution in [0.25, 0.3) is 0 Å². The van der Waals surface area contributed by atoms with Gasteiger partial charge in [-0.3, -0.25) is 14.4 Å². The number of ether oxygens (including phenoxy) is 1. The second-order valence-corrected chi connectivity index (χ2v) is 8.72. The molecule has 8 heteroatoms. The number of anilines is 1. The van der Waals surface area contributed by atoms with Gasteiger partial charge in [0.15, 0.2) is 0 Å². The number of hydrogen-bond acceptors (Lipinski definition) is 6. The van der Waals surface area contributed by atoms with Crippen LogP contribution < -0.4 is 11.1 Å². The van der Waals surface area contributed by atoms with Gasteiger partial charge < -0.3 is 15.8 Å². The van der Waals surface area contributed by atoms with E-state index in [1.54, 1.807) is 13.0 Å². The summed E-state index contributed by atoms with van der Waals surface area (Å²) in [5, 5.41) is 3.15. The van der Waals surface area contributed by atoms with Crippen LogP contribution in [0.2, 0.25) is 0 Å². The fourth-order valence-corrected chi connectivity index (χ4v) is 4.57. The Labute approximate surface area is 169 Å². The van der Waals surface area contributed by atoms with Crippen molar-refractivity contribution in [3.8, 4) is 0 Å². The Morgan fingerprint density at radius 1 is 1.30 bits per heavy atom. The number of esters is 1. The van der Waals surface area contributed by atoms with Crippen molar-refractivity contribution in [2.45, 2.75) is 63.5 Å². The highest BCUT2D eigenvalue weighted by Crippen LogP contribution is 2.35. The monoisotopic (exact) mass is 414 g/mol. The molecule has 27 heavy (non-hydrogen) atoms. The average Bonchev–Trinajstić information content (AvgIpc) is 3.04. The zero-order valence-electron chi connectivity index (χ0n) is 16.3. The molecule has 2 amide bonds. The summed E-state index contributed by atoms with van der Waals surface area (Å²) in [7, 11) is 0. The molecule has 0 spiro atoms. The van der Waals surface area contributed by atoms with Gasteiger partial charge in [-0.05, 0) is 18.4 Å². The molecular formula is C19H30N2O4S2. The largest absolute Gasteiger partial charge is 0.465 e. The Bertz CT molecular complexity index is 631. The van der Waals surface area contributed by atoms with Gasteiger partial charge in [0.05, 0.1) is 22.8 Å². The summed E-state index contributed by atoms with van der Waals surface area (Å²) in [6, 6.07) is 1.66. The quantitative estimate of drug-likeness (QED) is 0.367. The minimum absolute atomic E-state index is 0.173. The highest BCUT2D eigenvalue weighted by atomic mass is 32.2. The maximum absolute atomic E-state index is 11.9. The van der Waals surface area contributed by atoms with Crippen LogP contribution in [-0.4, -0.2) is 30.1 Å². The molecule has 1 unspecified atom stereocenters. The minimum atomic E-state index is -0.582. The first-order valence-corrected chi connectivity index (χ1v) is 11.2. The Kier molecular flexibility index (Phi) is 11.1. The SMILES string of the molecule is CCCCC(CC)COC(=O)CCSc1cc(C(N)=O)c(NC(=O)CC)s1. The normalized spacial score (nSPS) is 11.8. The van der Waals surface area contributed by atoms with Gasteiger partial charge in [-0.1, -0.05) is 40.0 Å². The molecule has 3 N–H and O–H groups in total. The van der Waals surface area contributed by atoms with Crippen molar-refractivity contribution in [1.29, 1.82) is 0 Å². The van der Waals surface area contributed by atoms with E-state index < -0.39 is 5.91 Å². The van der Waals surface area contributed by atoms with Gasteiger partial charge in [0.25, 0.3) is 5.91 Å². The lowest BCUT2D eigenvalue weighted by molar-refractivity contribution is -0.144. The van der Waals surface area contributed by atoms with E-state index in [1.165, 1.54) is 23.1 Å². The standard InChI is InChI=1S/C19H30N2O4S2/c1-4-7-8-13(5-2)12-25-16(23)9-10-26-17-11-14(18(20)24)19(27-17)21-15(22)6-3/h11,13H,4-10,12H2,1-3H3,(H2,20,24)(H,21,22). The smallest absolute Gasteiger partial charge is 0.306 e. The molecular weight excluding hydrogens is 384 g/mol. The summed E-state index contributed by atoms with van der Waals surface area (Å²) in [4.78, 5) is 35.0. The fraction of sp³-hybridized carbons (Fsp3) is 0.632. The first kappa shape index (κ1) is 23.5. The minimum Gasteiger partial charge on any atom is -0.465 e. The van der Waals surface area contributed by atoms with Gasteiger partial charge in [-0.25, -0.2) is 0 Å². The number of primary amides is 1. The van der Waals surface area contributed by atoms with Crippen LogP contribution in [0.3, 0.4) is 0 Å². The highest BCUT2D eigenvalue weighted by Gasteiger charge is 2.16. The van der Waals surface area contributed by atoms with Gasteiger partial charge in [0, 0.05) is 12.2 Å². The van der Waals surface area contributed by atoms with Crippen molar-refractivity contribution < 1.29 is 19.1 Å². The summed E-state index contributed by atoms with van der Waals surface area (Å²) in [5.74, 6) is 0.0183. The molecule has 1 heterocycles. The first-order chi connectivity index (χ1) is 12.9. The van der Waals surface area contributed by atoms with E-state index in [-0.39, 0.29) is 11.9 Å². The average molecular weight is 415 g/mol. The number of rotatable bonds is 13. The Hall–Kier alpha value is -1.54. The van der Waals surface area contributed by atoms with Crippen LogP contribution in [0.15, 0.2) is 10.3 Å². The molecule has 0 saturated heterocycles. The third-order valence-electron chi connectivity index (χ3n) is 4.12. The van der Waals surface area contributed by atoms with Crippen LogP contribution in [0.5, 0.6) is 0 Å². The van der Waals surface area contributed by atoms with Gasteiger partial charge in [0.1, 0.15) is 5.00 Å². The molecule has 1 aromatic rings. The predicted octanol–water partition coefficient (Wildman–Crippen LogP) is 4.44. The van der Waals surface area contributed by atoms with E-state index >= 15 is 0 Å². The Morgan fingerprint density at radius 3 is 2.63 bits per heavy atom. The molecule has 1 atom stereocenters. The second-order valence-electron chi connectivity index (χ2n) is 6.27. The zero-order chi connectivity index (χ0) is 20.2. The summed E-state index contributed by atoms with van der Waals surface area (Å²) in [5.41, 5.74) is 5.67. The van der Waals surface area contributed by atoms with E-state index in [1.807, 2.05) is 0 Å². The molecule has 1 rings (SSSR count). The van der Waals surface area contributed by atoms with Crippen LogP contribution in [0.4, 0.5) is 5.00 Å². The first-order valence-electron chi connectivity index (χ1n) is 9.43. The summed E-state index contributed by atoms with van der Waals surface area (Å²) < 4.78 is 6.22. The van der Waals surface area contributed by atoms with Crippen molar-refractivity contribution in [2.75, 3.05) is 17.7 Å². The number of carbonyl (C=O) groups is 3. The van der Waals surface area contributed by atoms with Crippen LogP contribution in [-0.2, 0) is 14.3 Å². The second kappa shape index (κ2) is 12.8. The van der Waals surface area contributed by atoms with E-state index in [4.69, 9.17) is 10.5 Å². The van der Waals surface area contributed by atoms with E-state index in [0.29, 0.717) is 41.7 Å². The number of hydrogen-bond donors (Lipinski definition) is 2. The molecule has 1 aromatic heterocycles. The zero-order valence-corrected chi connectivity index (χ0v) is 18.0. The number of nitrogens with one attached hydrogen (secondary N) is 1. The maximum atomic E-state index is 11.9. The van der Waals surface area contributed by atoms with Gasteiger partial charge in [-0.2, -0.15) is 0 Å². The molecule has 0 aromatic carbocycles. The fourth-order valence-electron chi connectivity index (χ4n) is 2.35. The molecule has 0 aliphatic heterocycles. The van der Waals surface area contributed by atoms with E-state index in [2.05, 4.69) is 19.2 Å². The third-order valence-corrected chi connectivity index (χ3v) is 6.38. The lowest BCUT2D eigenvalue weighted by atomic mass is 10.0. The van der Waals surface area contributed by atoms with Crippen molar-refractivity contribution in [2.24, 2.45) is 11.7 Å². The van der Waals surface area contributed by atoms with Crippen molar-refractivity contribution in [1.82, 2.24) is 0 Å². The van der Waals surface area contributed by atoms with Crippen LogP contribution in [0, 0.1) is 5.92 Å². The summed E-state index contributed by atoms with van der Waals surface area (Å²) >= 11 is 2.74. The van der Waals surface area contributed by atoms with E-state index in [9.17, 15) is 14.4 Å². The molecule has 152 valence electrons. The Morgan fingerprint density at radius 2 is 2.04 bits per heavy atom. The number of nitrogens with two attached hydrogens (primary N) is 1. The molecule has 0 saturated carbocycles. The van der Waals surface area contributed by atoms with Gasteiger partial charge in [0.2, 0.25) is 5.91 Å². The lowest BCUT2D eigenvalue weighted by Gasteiger charge is -2.14.